The average Bonchev–Trinajstić information content (AvgIpc) is 2.74. The van der Waals surface area contributed by atoms with Gasteiger partial charge < -0.3 is 4.42 Å². The second kappa shape index (κ2) is 5.65. The van der Waals surface area contributed by atoms with Crippen molar-refractivity contribution < 1.29 is 12.8 Å². The van der Waals surface area contributed by atoms with E-state index in [9.17, 15) is 8.42 Å². The molecule has 0 spiro atoms. The fourth-order valence-electron chi connectivity index (χ4n) is 1.55. The summed E-state index contributed by atoms with van der Waals surface area (Å²) in [5, 5.41) is -0.678. The first-order valence-electron chi connectivity index (χ1n) is 6.72. The predicted molar refractivity (Wildman–Crippen MR) is 76.9 cm³/mol. The zero-order chi connectivity index (χ0) is 14.8. The smallest absolute Gasteiger partial charge is 0.212 e. The Morgan fingerprint density at radius 2 is 1.84 bits per heavy atom. The van der Waals surface area contributed by atoms with Crippen molar-refractivity contribution in [3.63, 3.8) is 0 Å². The Hall–Kier alpha value is -0.840. The molecule has 0 fully saturated rings. The molecule has 0 bridgehead atoms. The van der Waals surface area contributed by atoms with E-state index in [-0.39, 0.29) is 11.2 Å². The molecule has 0 saturated carbocycles. The van der Waals surface area contributed by atoms with E-state index in [1.165, 1.54) is 0 Å². The van der Waals surface area contributed by atoms with Crippen LogP contribution in [-0.2, 0) is 15.3 Å². The van der Waals surface area contributed by atoms with Crippen LogP contribution in [0.2, 0.25) is 0 Å². The summed E-state index contributed by atoms with van der Waals surface area (Å²) < 4.78 is 30.0. The molecule has 1 rings (SSSR count). The van der Waals surface area contributed by atoms with Gasteiger partial charge in [-0.05, 0) is 19.3 Å². The van der Waals surface area contributed by atoms with Crippen molar-refractivity contribution in [2.24, 2.45) is 5.92 Å². The lowest BCUT2D eigenvalue weighted by atomic mass is 9.94. The molecule has 0 aromatic carbocycles. The van der Waals surface area contributed by atoms with E-state index in [2.05, 4.69) is 4.98 Å². The Bertz CT molecular complexity index is 509. The molecule has 0 aliphatic rings. The first-order valence-corrected chi connectivity index (χ1v) is 8.43. The van der Waals surface area contributed by atoms with Gasteiger partial charge in [0.05, 0.1) is 11.9 Å². The van der Waals surface area contributed by atoms with E-state index in [0.717, 1.165) is 0 Å². The molecule has 0 unspecified atom stereocenters. The Morgan fingerprint density at radius 1 is 1.26 bits per heavy atom. The maximum absolute atomic E-state index is 12.2. The Labute approximate surface area is 116 Å². The maximum Gasteiger partial charge on any atom is 0.212 e. The van der Waals surface area contributed by atoms with Crippen LogP contribution in [0.1, 0.15) is 64.9 Å². The number of hydrogen-bond donors (Lipinski definition) is 0. The minimum absolute atomic E-state index is 0.160. The van der Waals surface area contributed by atoms with Gasteiger partial charge in [0, 0.05) is 5.41 Å². The fourth-order valence-corrected chi connectivity index (χ4v) is 3.12. The first-order chi connectivity index (χ1) is 8.54. The number of oxazole rings is 1. The molecule has 0 N–H and O–H groups in total. The third-order valence-electron chi connectivity index (χ3n) is 3.13. The average molecular weight is 287 g/mol. The molecule has 1 aromatic heterocycles. The lowest BCUT2D eigenvalue weighted by Crippen LogP contribution is -2.16. The van der Waals surface area contributed by atoms with Crippen LogP contribution in [0, 0.1) is 5.92 Å². The molecule has 0 saturated heterocycles. The van der Waals surface area contributed by atoms with E-state index < -0.39 is 15.1 Å². The fraction of sp³-hybridized carbons (Fsp3) is 0.786. The third kappa shape index (κ3) is 4.34. The van der Waals surface area contributed by atoms with Crippen LogP contribution in [0.3, 0.4) is 0 Å². The second-order valence-electron chi connectivity index (χ2n) is 6.50. The van der Waals surface area contributed by atoms with Crippen LogP contribution in [0.15, 0.2) is 10.6 Å². The van der Waals surface area contributed by atoms with Gasteiger partial charge >= 0.3 is 0 Å². The van der Waals surface area contributed by atoms with Crippen LogP contribution < -0.4 is 0 Å². The molecule has 5 heteroatoms. The van der Waals surface area contributed by atoms with Crippen molar-refractivity contribution in [1.82, 2.24) is 4.98 Å². The van der Waals surface area contributed by atoms with Gasteiger partial charge in [0.2, 0.25) is 5.89 Å². The number of hydrogen-bond acceptors (Lipinski definition) is 4. The molecule has 4 nitrogen and oxygen atoms in total. The highest BCUT2D eigenvalue weighted by atomic mass is 32.2. The minimum atomic E-state index is -3.20. The number of rotatable bonds is 5. The summed E-state index contributed by atoms with van der Waals surface area (Å²) in [4.78, 5) is 4.13. The van der Waals surface area contributed by atoms with Gasteiger partial charge in [0.15, 0.2) is 9.84 Å². The Balaban J connectivity index is 2.88. The van der Waals surface area contributed by atoms with Gasteiger partial charge in [-0.15, -0.1) is 0 Å². The van der Waals surface area contributed by atoms with E-state index in [1.54, 1.807) is 13.1 Å². The van der Waals surface area contributed by atoms with E-state index in [0.29, 0.717) is 24.0 Å². The normalized spacial score (nSPS) is 14.9. The van der Waals surface area contributed by atoms with Gasteiger partial charge in [-0.1, -0.05) is 34.6 Å². The lowest BCUT2D eigenvalue weighted by Gasteiger charge is -2.14. The highest BCUT2D eigenvalue weighted by Crippen LogP contribution is 2.28. The van der Waals surface area contributed by atoms with Crippen LogP contribution in [0.5, 0.6) is 0 Å². The Kier molecular flexibility index (Phi) is 4.82. The SMILES string of the molecule is CC(C)CCS(=O)(=O)[C@@H](C)c1ncc(C(C)(C)C)o1. The first kappa shape index (κ1) is 16.2. The van der Waals surface area contributed by atoms with Gasteiger partial charge in [0.25, 0.3) is 0 Å². The summed E-state index contributed by atoms with van der Waals surface area (Å²) in [6, 6.07) is 0. The predicted octanol–water partition coefficient (Wildman–Crippen LogP) is 3.49. The molecule has 0 aliphatic heterocycles. The number of aromatic nitrogens is 1. The zero-order valence-corrected chi connectivity index (χ0v) is 13.5. The number of nitrogens with zero attached hydrogens (tertiary/aromatic N) is 1. The topological polar surface area (TPSA) is 60.2 Å². The summed E-state index contributed by atoms with van der Waals surface area (Å²) in [6.45, 7) is 11.7. The van der Waals surface area contributed by atoms with Crippen molar-refractivity contribution in [2.45, 2.75) is 58.6 Å². The van der Waals surface area contributed by atoms with Crippen LogP contribution in [0.25, 0.3) is 0 Å². The van der Waals surface area contributed by atoms with Crippen LogP contribution in [-0.4, -0.2) is 19.2 Å². The summed E-state index contributed by atoms with van der Waals surface area (Å²) >= 11 is 0. The van der Waals surface area contributed by atoms with Gasteiger partial charge in [-0.25, -0.2) is 13.4 Å². The summed E-state index contributed by atoms with van der Waals surface area (Å²) in [6.07, 6.45) is 2.29. The minimum Gasteiger partial charge on any atom is -0.444 e. The largest absolute Gasteiger partial charge is 0.444 e. The van der Waals surface area contributed by atoms with Crippen LogP contribution >= 0.6 is 0 Å². The summed E-state index contributed by atoms with van der Waals surface area (Å²) in [5.74, 6) is 1.57. The van der Waals surface area contributed by atoms with E-state index >= 15 is 0 Å². The molecule has 0 radical (unpaired) electrons. The van der Waals surface area contributed by atoms with Crippen molar-refractivity contribution in [3.05, 3.63) is 17.8 Å². The summed E-state index contributed by atoms with van der Waals surface area (Å²) in [7, 11) is -3.20. The number of sulfone groups is 1. The molecular formula is C14H25NO3S. The molecule has 0 aliphatic carbocycles. The van der Waals surface area contributed by atoms with Crippen LogP contribution in [0.4, 0.5) is 0 Å². The van der Waals surface area contributed by atoms with Gasteiger partial charge in [-0.3, -0.25) is 0 Å². The van der Waals surface area contributed by atoms with E-state index in [1.807, 2.05) is 34.6 Å². The molecule has 110 valence electrons. The molecule has 1 atom stereocenters. The van der Waals surface area contributed by atoms with Gasteiger partial charge in [-0.2, -0.15) is 0 Å². The standard InChI is InChI=1S/C14H25NO3S/c1-10(2)7-8-19(16,17)11(3)13-15-9-12(18-13)14(4,5)6/h9-11H,7-8H2,1-6H3/t11-/m0/s1. The molecule has 1 aromatic rings. The zero-order valence-electron chi connectivity index (χ0n) is 12.7. The maximum atomic E-state index is 12.2. The summed E-state index contributed by atoms with van der Waals surface area (Å²) in [5.41, 5.74) is -0.160. The monoisotopic (exact) mass is 287 g/mol. The van der Waals surface area contributed by atoms with Crippen molar-refractivity contribution in [1.29, 1.82) is 0 Å². The third-order valence-corrected chi connectivity index (χ3v) is 5.21. The van der Waals surface area contributed by atoms with Crippen molar-refractivity contribution >= 4 is 9.84 Å². The molecule has 0 amide bonds. The van der Waals surface area contributed by atoms with E-state index in [4.69, 9.17) is 4.42 Å². The van der Waals surface area contributed by atoms with Crippen molar-refractivity contribution in [2.75, 3.05) is 5.75 Å². The van der Waals surface area contributed by atoms with Crippen molar-refractivity contribution in [3.8, 4) is 0 Å². The van der Waals surface area contributed by atoms with Gasteiger partial charge in [0.1, 0.15) is 11.0 Å². The highest BCUT2D eigenvalue weighted by Gasteiger charge is 2.28. The second-order valence-corrected chi connectivity index (χ2v) is 8.95. The lowest BCUT2D eigenvalue weighted by molar-refractivity contribution is 0.380. The highest BCUT2D eigenvalue weighted by molar-refractivity contribution is 7.91. The molecule has 19 heavy (non-hydrogen) atoms. The Morgan fingerprint density at radius 3 is 2.26 bits per heavy atom. The quantitative estimate of drug-likeness (QED) is 0.831. The molecular weight excluding hydrogens is 262 g/mol. The molecule has 1 heterocycles.